The third kappa shape index (κ3) is 3.94. The van der Waals surface area contributed by atoms with Gasteiger partial charge in [-0.2, -0.15) is 0 Å². The van der Waals surface area contributed by atoms with Gasteiger partial charge in [0.15, 0.2) is 17.4 Å². The number of methoxy groups -OCH3 is 1. The molecule has 0 spiro atoms. The molecule has 3 nitrogen and oxygen atoms in total. The van der Waals surface area contributed by atoms with Gasteiger partial charge in [0.2, 0.25) is 0 Å². The zero-order valence-corrected chi connectivity index (χ0v) is 13.3. The van der Waals surface area contributed by atoms with Crippen LogP contribution in [0.4, 0.5) is 13.2 Å². The van der Waals surface area contributed by atoms with E-state index in [1.807, 2.05) is 0 Å². The van der Waals surface area contributed by atoms with Crippen molar-refractivity contribution >= 4 is 23.4 Å². The molecule has 0 aromatic heterocycles. The number of hydrogen-bond donors (Lipinski definition) is 0. The smallest absolute Gasteiger partial charge is 0.313 e. The topological polar surface area (TPSA) is 43.4 Å². The molecule has 2 aromatic rings. The van der Waals surface area contributed by atoms with Crippen LogP contribution >= 0.6 is 11.6 Å². The summed E-state index contributed by atoms with van der Waals surface area (Å²) in [5, 5.41) is -0.0999. The minimum atomic E-state index is -1.36. The van der Waals surface area contributed by atoms with Crippen LogP contribution in [0.1, 0.15) is 27.9 Å². The number of hydrogen-bond acceptors (Lipinski definition) is 3. The number of ether oxygens (including phenoxy) is 1. The molecular weight excluding hydrogens is 345 g/mol. The molecule has 0 unspecified atom stereocenters. The molecule has 7 heteroatoms. The molecule has 0 atom stereocenters. The number of rotatable bonds is 5. The Kier molecular flexibility index (Phi) is 5.62. The Bertz CT molecular complexity index is 806. The number of halogens is 4. The van der Waals surface area contributed by atoms with Crippen molar-refractivity contribution < 1.29 is 27.5 Å². The lowest BCUT2D eigenvalue weighted by atomic mass is 9.99. The molecule has 0 N–H and O–H groups in total. The standard InChI is InChI=1S/C17H12ClF3O3/c1-24-15(23)8-14(22)11-6-9(7-13(19)17(11)21)5-10-3-2-4-12(18)16(10)20/h2-4,6-7H,5,8H2,1H3. The highest BCUT2D eigenvalue weighted by Crippen LogP contribution is 2.23. The van der Waals surface area contributed by atoms with E-state index in [-0.39, 0.29) is 22.6 Å². The molecule has 0 fully saturated rings. The summed E-state index contributed by atoms with van der Waals surface area (Å²) in [7, 11) is 1.07. The van der Waals surface area contributed by atoms with Crippen molar-refractivity contribution in [2.45, 2.75) is 12.8 Å². The van der Waals surface area contributed by atoms with Crippen LogP contribution in [0.2, 0.25) is 5.02 Å². The zero-order chi connectivity index (χ0) is 17.9. The molecule has 0 aliphatic rings. The van der Waals surface area contributed by atoms with Crippen molar-refractivity contribution in [3.05, 3.63) is 69.5 Å². The van der Waals surface area contributed by atoms with Crippen LogP contribution in [-0.4, -0.2) is 18.9 Å². The number of ketones is 1. The molecule has 126 valence electrons. The highest BCUT2D eigenvalue weighted by atomic mass is 35.5. The molecule has 0 heterocycles. The van der Waals surface area contributed by atoms with E-state index in [9.17, 15) is 22.8 Å². The summed E-state index contributed by atoms with van der Waals surface area (Å²) in [5.41, 5.74) is -0.249. The van der Waals surface area contributed by atoms with Crippen molar-refractivity contribution in [3.63, 3.8) is 0 Å². The first-order valence-electron chi connectivity index (χ1n) is 6.84. The van der Waals surface area contributed by atoms with E-state index in [2.05, 4.69) is 4.74 Å². The van der Waals surface area contributed by atoms with E-state index in [1.165, 1.54) is 18.2 Å². The van der Waals surface area contributed by atoms with Gasteiger partial charge in [-0.05, 0) is 29.3 Å². The summed E-state index contributed by atoms with van der Waals surface area (Å²) >= 11 is 5.68. The highest BCUT2D eigenvalue weighted by molar-refractivity contribution is 6.30. The second kappa shape index (κ2) is 7.49. The fourth-order valence-electron chi connectivity index (χ4n) is 2.15. The van der Waals surface area contributed by atoms with Crippen molar-refractivity contribution in [2.24, 2.45) is 0 Å². The summed E-state index contributed by atoms with van der Waals surface area (Å²) in [6.07, 6.45) is -0.816. The first-order valence-corrected chi connectivity index (χ1v) is 7.22. The van der Waals surface area contributed by atoms with Crippen molar-refractivity contribution in [3.8, 4) is 0 Å². The first kappa shape index (κ1) is 18.0. The van der Waals surface area contributed by atoms with Crippen molar-refractivity contribution in [1.82, 2.24) is 0 Å². The Morgan fingerprint density at radius 2 is 1.83 bits per heavy atom. The van der Waals surface area contributed by atoms with Gasteiger partial charge in [0.05, 0.1) is 17.7 Å². The quantitative estimate of drug-likeness (QED) is 0.460. The SMILES string of the molecule is COC(=O)CC(=O)c1cc(Cc2cccc(Cl)c2F)cc(F)c1F. The number of esters is 1. The van der Waals surface area contributed by atoms with E-state index in [4.69, 9.17) is 11.6 Å². The van der Waals surface area contributed by atoms with Crippen LogP contribution in [0.15, 0.2) is 30.3 Å². The Morgan fingerprint density at radius 3 is 2.50 bits per heavy atom. The van der Waals surface area contributed by atoms with Gasteiger partial charge < -0.3 is 4.74 Å². The molecule has 2 rings (SSSR count). The van der Waals surface area contributed by atoms with E-state index >= 15 is 0 Å². The Hall–Kier alpha value is -2.34. The van der Waals surface area contributed by atoms with E-state index in [0.717, 1.165) is 19.2 Å². The van der Waals surface area contributed by atoms with Crippen molar-refractivity contribution in [1.29, 1.82) is 0 Å². The molecule has 2 aromatic carbocycles. The summed E-state index contributed by atoms with van der Waals surface area (Å²) in [5.74, 6) is -5.09. The van der Waals surface area contributed by atoms with Gasteiger partial charge in [-0.3, -0.25) is 9.59 Å². The first-order chi connectivity index (χ1) is 11.3. The van der Waals surface area contributed by atoms with Crippen LogP contribution in [0.25, 0.3) is 0 Å². The van der Waals surface area contributed by atoms with Gasteiger partial charge in [0, 0.05) is 6.42 Å². The third-order valence-corrected chi connectivity index (χ3v) is 3.64. The molecule has 0 bridgehead atoms. The lowest BCUT2D eigenvalue weighted by Crippen LogP contribution is -2.12. The zero-order valence-electron chi connectivity index (χ0n) is 12.5. The highest BCUT2D eigenvalue weighted by Gasteiger charge is 2.20. The third-order valence-electron chi connectivity index (χ3n) is 3.35. The maximum Gasteiger partial charge on any atom is 0.313 e. The van der Waals surface area contributed by atoms with Crippen LogP contribution in [0.5, 0.6) is 0 Å². The molecule has 0 radical (unpaired) electrons. The number of Topliss-reactive ketones (excluding diaryl/α,β-unsaturated/α-hetero) is 1. The summed E-state index contributed by atoms with van der Waals surface area (Å²) < 4.78 is 45.8. The molecule has 0 amide bonds. The van der Waals surface area contributed by atoms with Crippen LogP contribution in [-0.2, 0) is 16.0 Å². The van der Waals surface area contributed by atoms with Crippen LogP contribution in [0.3, 0.4) is 0 Å². The van der Waals surface area contributed by atoms with Crippen LogP contribution in [0, 0.1) is 17.5 Å². The number of carbonyl (C=O) groups excluding carboxylic acids is 2. The van der Waals surface area contributed by atoms with Crippen molar-refractivity contribution in [2.75, 3.05) is 7.11 Å². The average molecular weight is 357 g/mol. The normalized spacial score (nSPS) is 10.5. The molecule has 0 aliphatic heterocycles. The second-order valence-corrected chi connectivity index (χ2v) is 5.41. The predicted molar refractivity (Wildman–Crippen MR) is 81.5 cm³/mol. The second-order valence-electron chi connectivity index (χ2n) is 5.00. The molecular formula is C17H12ClF3O3. The molecule has 0 aliphatic carbocycles. The average Bonchev–Trinajstić information content (AvgIpc) is 2.54. The summed E-state index contributed by atoms with van der Waals surface area (Å²) in [6.45, 7) is 0. The van der Waals surface area contributed by atoms with Gasteiger partial charge >= 0.3 is 5.97 Å². The summed E-state index contributed by atoms with van der Waals surface area (Å²) in [6, 6.07) is 6.27. The van der Waals surface area contributed by atoms with E-state index in [0.29, 0.717) is 0 Å². The van der Waals surface area contributed by atoms with Gasteiger partial charge in [0.25, 0.3) is 0 Å². The lowest BCUT2D eigenvalue weighted by Gasteiger charge is -2.09. The largest absolute Gasteiger partial charge is 0.469 e. The van der Waals surface area contributed by atoms with Gasteiger partial charge in [-0.1, -0.05) is 23.7 Å². The van der Waals surface area contributed by atoms with Gasteiger partial charge in [-0.25, -0.2) is 13.2 Å². The lowest BCUT2D eigenvalue weighted by molar-refractivity contribution is -0.139. The van der Waals surface area contributed by atoms with E-state index < -0.39 is 41.2 Å². The predicted octanol–water partition coefficient (Wildman–Crippen LogP) is 4.09. The Morgan fingerprint density at radius 1 is 1.12 bits per heavy atom. The Labute approximate surface area is 141 Å². The summed E-state index contributed by atoms with van der Waals surface area (Å²) in [4.78, 5) is 23.0. The maximum atomic E-state index is 13.9. The van der Waals surface area contributed by atoms with E-state index in [1.54, 1.807) is 0 Å². The fraction of sp³-hybridized carbons (Fsp3) is 0.176. The minimum Gasteiger partial charge on any atom is -0.469 e. The number of benzene rings is 2. The molecule has 0 saturated heterocycles. The minimum absolute atomic E-state index is 0.0951. The Balaban J connectivity index is 2.37. The molecule has 24 heavy (non-hydrogen) atoms. The monoisotopic (exact) mass is 356 g/mol. The van der Waals surface area contributed by atoms with Gasteiger partial charge in [0.1, 0.15) is 12.2 Å². The molecule has 0 saturated carbocycles. The van der Waals surface area contributed by atoms with Crippen LogP contribution < -0.4 is 0 Å². The maximum absolute atomic E-state index is 13.9. The van der Waals surface area contributed by atoms with Gasteiger partial charge in [-0.15, -0.1) is 0 Å². The fourth-order valence-corrected chi connectivity index (χ4v) is 2.35. The number of carbonyl (C=O) groups is 2.